The van der Waals surface area contributed by atoms with Crippen LogP contribution in [0.4, 0.5) is 5.69 Å². The van der Waals surface area contributed by atoms with Gasteiger partial charge in [0.05, 0.1) is 17.8 Å². The second kappa shape index (κ2) is 4.36. The number of aromatic nitrogens is 2. The van der Waals surface area contributed by atoms with E-state index in [0.29, 0.717) is 0 Å². The van der Waals surface area contributed by atoms with Gasteiger partial charge in [-0.3, -0.25) is 19.2 Å². The predicted octanol–water partition coefficient (Wildman–Crippen LogP) is 0.684. The van der Waals surface area contributed by atoms with Crippen LogP contribution in [-0.2, 0) is 23.1 Å². The normalized spacial score (nSPS) is 23.3. The minimum absolute atomic E-state index is 0.0491. The van der Waals surface area contributed by atoms with Crippen molar-refractivity contribution in [3.63, 3.8) is 0 Å². The molecule has 0 spiro atoms. The van der Waals surface area contributed by atoms with Gasteiger partial charge in [-0.1, -0.05) is 6.92 Å². The summed E-state index contributed by atoms with van der Waals surface area (Å²) in [5.41, 5.74) is 1.78. The zero-order chi connectivity index (χ0) is 13.6. The molecule has 19 heavy (non-hydrogen) atoms. The highest BCUT2D eigenvalue weighted by molar-refractivity contribution is 6.07. The molecule has 6 heteroatoms. The number of imide groups is 1. The fraction of sp³-hybridized carbons (Fsp3) is 0.615. The van der Waals surface area contributed by atoms with Crippen LogP contribution in [-0.4, -0.2) is 38.6 Å². The average Bonchev–Trinajstić information content (AvgIpc) is 3.07. The molecule has 1 unspecified atom stereocenters. The van der Waals surface area contributed by atoms with Gasteiger partial charge in [-0.05, 0) is 19.3 Å². The van der Waals surface area contributed by atoms with Gasteiger partial charge in [-0.25, -0.2) is 0 Å². The van der Waals surface area contributed by atoms with E-state index in [4.69, 9.17) is 0 Å². The van der Waals surface area contributed by atoms with Crippen molar-refractivity contribution in [2.24, 2.45) is 7.05 Å². The standard InChI is InChI=1S/C13H18N4O2/c1-3-9-11(7-16(2)15-9)14-10-6-12(18)17(13(10)19)8-4-5-8/h7-8,10,14H,3-6H2,1-2H3. The first-order valence-electron chi connectivity index (χ1n) is 6.75. The van der Waals surface area contributed by atoms with Crippen molar-refractivity contribution in [2.75, 3.05) is 5.32 Å². The highest BCUT2D eigenvalue weighted by Gasteiger charge is 2.46. The minimum Gasteiger partial charge on any atom is -0.370 e. The third-order valence-corrected chi connectivity index (χ3v) is 3.66. The molecular weight excluding hydrogens is 244 g/mol. The van der Waals surface area contributed by atoms with Crippen LogP contribution in [0.2, 0.25) is 0 Å². The zero-order valence-electron chi connectivity index (χ0n) is 11.2. The van der Waals surface area contributed by atoms with Crippen molar-refractivity contribution in [1.29, 1.82) is 0 Å². The lowest BCUT2D eigenvalue weighted by molar-refractivity contribution is -0.139. The van der Waals surface area contributed by atoms with Crippen molar-refractivity contribution in [3.8, 4) is 0 Å². The Morgan fingerprint density at radius 1 is 1.42 bits per heavy atom. The Bertz CT molecular complexity index is 533. The van der Waals surface area contributed by atoms with E-state index in [-0.39, 0.29) is 24.3 Å². The van der Waals surface area contributed by atoms with E-state index in [1.54, 1.807) is 4.68 Å². The van der Waals surface area contributed by atoms with Crippen molar-refractivity contribution in [3.05, 3.63) is 11.9 Å². The number of nitrogens with one attached hydrogen (secondary N) is 1. The number of amides is 2. The van der Waals surface area contributed by atoms with Gasteiger partial charge >= 0.3 is 0 Å². The maximum atomic E-state index is 12.2. The number of aryl methyl sites for hydroxylation is 2. The van der Waals surface area contributed by atoms with E-state index < -0.39 is 6.04 Å². The molecule has 6 nitrogen and oxygen atoms in total. The van der Waals surface area contributed by atoms with Crippen LogP contribution in [0.5, 0.6) is 0 Å². The molecule has 3 rings (SSSR count). The summed E-state index contributed by atoms with van der Waals surface area (Å²) in [6, 6.07) is -0.269. The Morgan fingerprint density at radius 3 is 2.79 bits per heavy atom. The van der Waals surface area contributed by atoms with Gasteiger partial charge in [0.25, 0.3) is 5.91 Å². The lowest BCUT2D eigenvalue weighted by Gasteiger charge is -2.14. The monoisotopic (exact) mass is 262 g/mol. The largest absolute Gasteiger partial charge is 0.370 e. The van der Waals surface area contributed by atoms with Crippen molar-refractivity contribution in [1.82, 2.24) is 14.7 Å². The summed E-state index contributed by atoms with van der Waals surface area (Å²) >= 11 is 0. The molecule has 1 aromatic rings. The summed E-state index contributed by atoms with van der Waals surface area (Å²) in [4.78, 5) is 25.5. The van der Waals surface area contributed by atoms with E-state index in [9.17, 15) is 9.59 Å². The average molecular weight is 262 g/mol. The molecule has 2 aliphatic rings. The van der Waals surface area contributed by atoms with Crippen LogP contribution in [0.25, 0.3) is 0 Å². The Balaban J connectivity index is 1.76. The van der Waals surface area contributed by atoms with Crippen molar-refractivity contribution < 1.29 is 9.59 Å². The Morgan fingerprint density at radius 2 is 2.16 bits per heavy atom. The second-order valence-corrected chi connectivity index (χ2v) is 5.25. The Kier molecular flexibility index (Phi) is 2.80. The van der Waals surface area contributed by atoms with Gasteiger partial charge in [0.1, 0.15) is 6.04 Å². The van der Waals surface area contributed by atoms with E-state index >= 15 is 0 Å². The highest BCUT2D eigenvalue weighted by atomic mass is 16.2. The lowest BCUT2D eigenvalue weighted by atomic mass is 10.2. The molecule has 1 aliphatic carbocycles. The second-order valence-electron chi connectivity index (χ2n) is 5.25. The van der Waals surface area contributed by atoms with E-state index in [2.05, 4.69) is 10.4 Å². The number of rotatable bonds is 4. The molecule has 1 N–H and O–H groups in total. The fourth-order valence-electron chi connectivity index (χ4n) is 2.58. The summed E-state index contributed by atoms with van der Waals surface area (Å²) < 4.78 is 1.72. The molecule has 0 aromatic carbocycles. The first kappa shape index (κ1) is 12.2. The van der Waals surface area contributed by atoms with Crippen LogP contribution < -0.4 is 5.32 Å². The topological polar surface area (TPSA) is 67.2 Å². The molecule has 1 aromatic heterocycles. The summed E-state index contributed by atoms with van der Waals surface area (Å²) in [5, 5.41) is 7.50. The highest BCUT2D eigenvalue weighted by Crippen LogP contribution is 2.32. The van der Waals surface area contributed by atoms with Crippen LogP contribution in [0.15, 0.2) is 6.20 Å². The fourth-order valence-corrected chi connectivity index (χ4v) is 2.58. The molecule has 1 saturated heterocycles. The third kappa shape index (κ3) is 2.11. The number of carbonyl (C=O) groups excluding carboxylic acids is 2. The summed E-state index contributed by atoms with van der Waals surface area (Å²) in [6.45, 7) is 2.02. The van der Waals surface area contributed by atoms with Gasteiger partial charge < -0.3 is 5.32 Å². The third-order valence-electron chi connectivity index (χ3n) is 3.66. The molecule has 1 atom stereocenters. The number of likely N-dealkylation sites (tertiary alicyclic amines) is 1. The van der Waals surface area contributed by atoms with Crippen LogP contribution in [0.3, 0.4) is 0 Å². The van der Waals surface area contributed by atoms with Gasteiger partial charge in [0.15, 0.2) is 0 Å². The molecule has 2 heterocycles. The van der Waals surface area contributed by atoms with Crippen LogP contribution in [0, 0.1) is 0 Å². The predicted molar refractivity (Wildman–Crippen MR) is 69.5 cm³/mol. The number of carbonyl (C=O) groups is 2. The van der Waals surface area contributed by atoms with E-state index in [1.807, 2.05) is 20.2 Å². The number of anilines is 1. The molecular formula is C13H18N4O2. The number of hydrogen-bond donors (Lipinski definition) is 1. The first-order valence-corrected chi connectivity index (χ1v) is 6.75. The first-order chi connectivity index (χ1) is 9.10. The molecule has 2 fully saturated rings. The van der Waals surface area contributed by atoms with Crippen molar-refractivity contribution in [2.45, 2.75) is 44.7 Å². The summed E-state index contributed by atoms with van der Waals surface area (Å²) in [7, 11) is 1.85. The summed E-state index contributed by atoms with van der Waals surface area (Å²) in [6.07, 6.45) is 4.82. The van der Waals surface area contributed by atoms with E-state index in [1.165, 1.54) is 4.90 Å². The van der Waals surface area contributed by atoms with Gasteiger partial charge in [0, 0.05) is 19.3 Å². The smallest absolute Gasteiger partial charge is 0.252 e. The summed E-state index contributed by atoms with van der Waals surface area (Å²) in [5.74, 6) is -0.134. The number of nitrogens with zero attached hydrogens (tertiary/aromatic N) is 3. The quantitative estimate of drug-likeness (QED) is 0.810. The Labute approximate surface area is 111 Å². The molecule has 1 saturated carbocycles. The van der Waals surface area contributed by atoms with Crippen LogP contribution >= 0.6 is 0 Å². The maximum absolute atomic E-state index is 12.2. The van der Waals surface area contributed by atoms with Gasteiger partial charge in [0.2, 0.25) is 5.91 Å². The molecule has 0 radical (unpaired) electrons. The lowest BCUT2D eigenvalue weighted by Crippen LogP contribution is -2.36. The molecule has 0 bridgehead atoms. The molecule has 1 aliphatic heterocycles. The number of hydrogen-bond acceptors (Lipinski definition) is 4. The Hall–Kier alpha value is -1.85. The zero-order valence-corrected chi connectivity index (χ0v) is 11.2. The van der Waals surface area contributed by atoms with E-state index in [0.717, 1.165) is 30.6 Å². The molecule has 102 valence electrons. The van der Waals surface area contributed by atoms with Crippen LogP contribution in [0.1, 0.15) is 31.9 Å². The van der Waals surface area contributed by atoms with Gasteiger partial charge in [-0.2, -0.15) is 5.10 Å². The molecule has 2 amide bonds. The van der Waals surface area contributed by atoms with Crippen molar-refractivity contribution >= 4 is 17.5 Å². The minimum atomic E-state index is -0.428. The van der Waals surface area contributed by atoms with Gasteiger partial charge in [-0.15, -0.1) is 0 Å². The SMILES string of the molecule is CCc1nn(C)cc1NC1CC(=O)N(C2CC2)C1=O. The maximum Gasteiger partial charge on any atom is 0.252 e.